The number of rotatable bonds is 8. The van der Waals surface area contributed by atoms with Crippen LogP contribution in [-0.4, -0.2) is 31.5 Å². The van der Waals surface area contributed by atoms with Crippen LogP contribution in [0.15, 0.2) is 48.5 Å². The van der Waals surface area contributed by atoms with Crippen LogP contribution in [0.2, 0.25) is 5.02 Å². The molecule has 5 nitrogen and oxygen atoms in total. The van der Waals surface area contributed by atoms with E-state index in [0.29, 0.717) is 23.9 Å². The van der Waals surface area contributed by atoms with Gasteiger partial charge in [0.05, 0.1) is 0 Å². The number of carbonyl (C=O) groups excluding carboxylic acids is 2. The van der Waals surface area contributed by atoms with Gasteiger partial charge in [0, 0.05) is 30.7 Å². The minimum absolute atomic E-state index is 0.0578. The van der Waals surface area contributed by atoms with Gasteiger partial charge >= 0.3 is 0 Å². The number of nitrogens with one attached hydrogen (secondary N) is 1. The first-order valence-corrected chi connectivity index (χ1v) is 8.90. The molecule has 0 saturated carbocycles. The number of hydrogen-bond acceptors (Lipinski definition) is 3. The predicted octanol–water partition coefficient (Wildman–Crippen LogP) is 3.45. The summed E-state index contributed by atoms with van der Waals surface area (Å²) in [5.41, 5.74) is 1.98. The molecule has 0 fully saturated rings. The second-order valence-corrected chi connectivity index (χ2v) is 6.18. The predicted molar refractivity (Wildman–Crippen MR) is 104 cm³/mol. The van der Waals surface area contributed by atoms with Crippen LogP contribution in [0.4, 0.5) is 5.69 Å². The second kappa shape index (κ2) is 9.82. The van der Waals surface area contributed by atoms with Crippen LogP contribution in [-0.2, 0) is 16.0 Å². The molecule has 0 spiro atoms. The molecule has 2 aromatic carbocycles. The number of ether oxygens (including phenoxy) is 1. The van der Waals surface area contributed by atoms with Crippen molar-refractivity contribution in [2.24, 2.45) is 0 Å². The Bertz CT molecular complexity index is 747. The fourth-order valence-electron chi connectivity index (χ4n) is 2.56. The Hall–Kier alpha value is -2.53. The third-order valence-corrected chi connectivity index (χ3v) is 4.14. The van der Waals surface area contributed by atoms with Crippen molar-refractivity contribution in [1.82, 2.24) is 5.32 Å². The van der Waals surface area contributed by atoms with Crippen molar-refractivity contribution in [3.63, 3.8) is 0 Å². The van der Waals surface area contributed by atoms with Gasteiger partial charge in [-0.05, 0) is 42.3 Å². The van der Waals surface area contributed by atoms with Crippen molar-refractivity contribution in [2.45, 2.75) is 20.3 Å². The van der Waals surface area contributed by atoms with Crippen molar-refractivity contribution in [3.05, 3.63) is 59.1 Å². The SMILES string of the molecule is CCc1ccccc1N(CCNC(=O)COc1ccc(Cl)cc1)C(C)=O. The molecule has 0 saturated heterocycles. The fraction of sp³-hybridized carbons (Fsp3) is 0.300. The van der Waals surface area contributed by atoms with Crippen LogP contribution in [0.3, 0.4) is 0 Å². The summed E-state index contributed by atoms with van der Waals surface area (Å²) in [6.45, 7) is 4.23. The van der Waals surface area contributed by atoms with Gasteiger partial charge in [-0.2, -0.15) is 0 Å². The van der Waals surface area contributed by atoms with E-state index in [2.05, 4.69) is 5.32 Å². The van der Waals surface area contributed by atoms with E-state index in [1.54, 1.807) is 29.2 Å². The van der Waals surface area contributed by atoms with Crippen molar-refractivity contribution in [1.29, 1.82) is 0 Å². The van der Waals surface area contributed by atoms with Gasteiger partial charge < -0.3 is 15.0 Å². The normalized spacial score (nSPS) is 10.3. The first-order chi connectivity index (χ1) is 12.5. The highest BCUT2D eigenvalue weighted by molar-refractivity contribution is 6.30. The standard InChI is InChI=1S/C20H23ClN2O3/c1-3-16-6-4-5-7-19(16)23(15(2)24)13-12-22-20(25)14-26-18-10-8-17(21)9-11-18/h4-11H,3,12-14H2,1-2H3,(H,22,25). The maximum atomic E-state index is 12.0. The Balaban J connectivity index is 1.84. The Morgan fingerprint density at radius 3 is 2.46 bits per heavy atom. The lowest BCUT2D eigenvalue weighted by atomic mass is 10.1. The Kier molecular flexibility index (Phi) is 7.48. The number of halogens is 1. The summed E-state index contributed by atoms with van der Waals surface area (Å²) in [7, 11) is 0. The number of aryl methyl sites for hydroxylation is 1. The zero-order valence-corrected chi connectivity index (χ0v) is 15.8. The summed E-state index contributed by atoms with van der Waals surface area (Å²) in [5, 5.41) is 3.38. The van der Waals surface area contributed by atoms with Gasteiger partial charge in [-0.1, -0.05) is 36.7 Å². The molecule has 0 aromatic heterocycles. The van der Waals surface area contributed by atoms with E-state index in [1.807, 2.05) is 31.2 Å². The average Bonchev–Trinajstić information content (AvgIpc) is 2.64. The Labute approximate surface area is 158 Å². The maximum absolute atomic E-state index is 12.0. The first-order valence-electron chi connectivity index (χ1n) is 8.52. The van der Waals surface area contributed by atoms with E-state index >= 15 is 0 Å². The fourth-order valence-corrected chi connectivity index (χ4v) is 2.68. The lowest BCUT2D eigenvalue weighted by molar-refractivity contribution is -0.123. The molecule has 2 rings (SSSR count). The van der Waals surface area contributed by atoms with Crippen molar-refractivity contribution in [3.8, 4) is 5.75 Å². The molecule has 138 valence electrons. The molecule has 26 heavy (non-hydrogen) atoms. The molecule has 0 heterocycles. The Morgan fingerprint density at radius 1 is 1.12 bits per heavy atom. The minimum Gasteiger partial charge on any atom is -0.484 e. The minimum atomic E-state index is -0.243. The van der Waals surface area contributed by atoms with E-state index in [0.717, 1.165) is 17.7 Å². The average molecular weight is 375 g/mol. The zero-order chi connectivity index (χ0) is 18.9. The number of benzene rings is 2. The van der Waals surface area contributed by atoms with E-state index in [1.165, 1.54) is 6.92 Å². The van der Waals surface area contributed by atoms with Crippen LogP contribution < -0.4 is 15.0 Å². The van der Waals surface area contributed by atoms with Crippen LogP contribution in [0.5, 0.6) is 5.75 Å². The molecule has 0 bridgehead atoms. The van der Waals surface area contributed by atoms with Crippen LogP contribution in [0.1, 0.15) is 19.4 Å². The van der Waals surface area contributed by atoms with Gasteiger partial charge in [-0.3, -0.25) is 9.59 Å². The van der Waals surface area contributed by atoms with Crippen molar-refractivity contribution < 1.29 is 14.3 Å². The monoisotopic (exact) mass is 374 g/mol. The van der Waals surface area contributed by atoms with Crippen molar-refractivity contribution in [2.75, 3.05) is 24.6 Å². The molecule has 0 atom stereocenters. The Morgan fingerprint density at radius 2 is 1.81 bits per heavy atom. The van der Waals surface area contributed by atoms with Gasteiger partial charge in [0.2, 0.25) is 5.91 Å². The molecule has 0 aliphatic carbocycles. The zero-order valence-electron chi connectivity index (χ0n) is 15.0. The van der Waals surface area contributed by atoms with Gasteiger partial charge in [-0.15, -0.1) is 0 Å². The van der Waals surface area contributed by atoms with E-state index in [4.69, 9.17) is 16.3 Å². The summed E-state index contributed by atoms with van der Waals surface area (Å²) in [6.07, 6.45) is 0.835. The molecule has 2 amide bonds. The molecule has 0 aliphatic rings. The van der Waals surface area contributed by atoms with E-state index < -0.39 is 0 Å². The maximum Gasteiger partial charge on any atom is 0.258 e. The van der Waals surface area contributed by atoms with Gasteiger partial charge in [0.1, 0.15) is 5.75 Å². The molecule has 0 aliphatic heterocycles. The van der Waals surface area contributed by atoms with Gasteiger partial charge in [-0.25, -0.2) is 0 Å². The number of anilines is 1. The smallest absolute Gasteiger partial charge is 0.258 e. The molecule has 2 aromatic rings. The topological polar surface area (TPSA) is 58.6 Å². The number of carbonyl (C=O) groups is 2. The highest BCUT2D eigenvalue weighted by atomic mass is 35.5. The molecule has 1 N–H and O–H groups in total. The molecular weight excluding hydrogens is 352 g/mol. The van der Waals surface area contributed by atoms with E-state index in [9.17, 15) is 9.59 Å². The van der Waals surface area contributed by atoms with Crippen LogP contribution in [0, 0.1) is 0 Å². The summed E-state index contributed by atoms with van der Waals surface area (Å²) >= 11 is 5.80. The summed E-state index contributed by atoms with van der Waals surface area (Å²) in [4.78, 5) is 25.6. The molecular formula is C20H23ClN2O3. The lowest BCUT2D eigenvalue weighted by Gasteiger charge is -2.24. The molecule has 0 unspecified atom stereocenters. The molecule has 0 radical (unpaired) electrons. The number of hydrogen-bond donors (Lipinski definition) is 1. The van der Waals surface area contributed by atoms with Crippen LogP contribution in [0.25, 0.3) is 0 Å². The van der Waals surface area contributed by atoms with E-state index in [-0.39, 0.29) is 18.4 Å². The van der Waals surface area contributed by atoms with Gasteiger partial charge in [0.25, 0.3) is 5.91 Å². The van der Waals surface area contributed by atoms with Gasteiger partial charge in [0.15, 0.2) is 6.61 Å². The summed E-state index contributed by atoms with van der Waals surface area (Å²) in [5.74, 6) is 0.275. The third-order valence-electron chi connectivity index (χ3n) is 3.88. The number of nitrogens with zero attached hydrogens (tertiary/aromatic N) is 1. The third kappa shape index (κ3) is 5.77. The number of para-hydroxylation sites is 1. The highest BCUT2D eigenvalue weighted by Crippen LogP contribution is 2.20. The lowest BCUT2D eigenvalue weighted by Crippen LogP contribution is -2.39. The quantitative estimate of drug-likeness (QED) is 0.769. The van der Waals surface area contributed by atoms with Crippen LogP contribution >= 0.6 is 11.6 Å². The largest absolute Gasteiger partial charge is 0.484 e. The first kappa shape index (κ1) is 19.8. The highest BCUT2D eigenvalue weighted by Gasteiger charge is 2.14. The van der Waals surface area contributed by atoms with Crippen molar-refractivity contribution >= 4 is 29.1 Å². The number of amides is 2. The molecule has 6 heteroatoms. The summed E-state index contributed by atoms with van der Waals surface area (Å²) in [6, 6.07) is 14.6. The second-order valence-electron chi connectivity index (χ2n) is 5.75. The summed E-state index contributed by atoms with van der Waals surface area (Å²) < 4.78 is 5.40.